The van der Waals surface area contributed by atoms with Crippen molar-refractivity contribution in [3.8, 4) is 0 Å². The molecule has 1 aromatic rings. The van der Waals surface area contributed by atoms with E-state index in [0.717, 1.165) is 4.57 Å². The molecular weight excluding hydrogens is 254 g/mol. The van der Waals surface area contributed by atoms with Gasteiger partial charge in [0.15, 0.2) is 6.23 Å². The van der Waals surface area contributed by atoms with Gasteiger partial charge in [-0.05, 0) is 6.07 Å². The lowest BCUT2D eigenvalue weighted by atomic mass is 10.1. The first-order valence-electron chi connectivity index (χ1n) is 5.81. The summed E-state index contributed by atoms with van der Waals surface area (Å²) >= 11 is 0. The molecule has 1 aromatic heterocycles. The number of hydrogen-bond donors (Lipinski definition) is 3. The van der Waals surface area contributed by atoms with Crippen LogP contribution in [0.15, 0.2) is 17.1 Å². The highest BCUT2D eigenvalue weighted by atomic mass is 16.6. The Kier molecular flexibility index (Phi) is 3.85. The molecule has 8 heteroatoms. The molecule has 2 rings (SSSR count). The number of ether oxygens (including phenoxy) is 2. The molecule has 0 aliphatic carbocycles. The first kappa shape index (κ1) is 13.9. The van der Waals surface area contributed by atoms with Crippen LogP contribution in [0.5, 0.6) is 0 Å². The minimum absolute atomic E-state index is 0.0625. The van der Waals surface area contributed by atoms with Gasteiger partial charge in [0.2, 0.25) is 0 Å². The Morgan fingerprint density at radius 2 is 2.26 bits per heavy atom. The minimum atomic E-state index is -1.02. The third-order valence-electron chi connectivity index (χ3n) is 3.30. The molecule has 0 spiro atoms. The van der Waals surface area contributed by atoms with Crippen LogP contribution in [0.4, 0.5) is 0 Å². The maximum Gasteiger partial charge on any atom is 0.331 e. The van der Waals surface area contributed by atoms with Crippen LogP contribution in [0.1, 0.15) is 6.23 Å². The van der Waals surface area contributed by atoms with E-state index in [1.165, 1.54) is 31.0 Å². The zero-order chi connectivity index (χ0) is 14.2. The van der Waals surface area contributed by atoms with Crippen molar-refractivity contribution < 1.29 is 19.7 Å². The Labute approximate surface area is 109 Å². The van der Waals surface area contributed by atoms with Crippen LogP contribution in [-0.4, -0.2) is 51.4 Å². The Bertz CT molecular complexity index is 566. The first-order valence-corrected chi connectivity index (χ1v) is 5.81. The van der Waals surface area contributed by atoms with E-state index in [1.54, 1.807) is 0 Å². The molecule has 106 valence electrons. The summed E-state index contributed by atoms with van der Waals surface area (Å²) in [6.45, 7) is -0.366. The van der Waals surface area contributed by atoms with E-state index in [0.29, 0.717) is 0 Å². The molecule has 19 heavy (non-hydrogen) atoms. The van der Waals surface area contributed by atoms with E-state index in [4.69, 9.17) is 20.0 Å². The number of nitrogens with one attached hydrogen (secondary N) is 1. The number of hydrogen-bond acceptors (Lipinski definition) is 6. The fourth-order valence-electron chi connectivity index (χ4n) is 2.14. The predicted octanol–water partition coefficient (Wildman–Crippen LogP) is -2.07. The van der Waals surface area contributed by atoms with Gasteiger partial charge in [0.05, 0.1) is 6.61 Å². The second kappa shape index (κ2) is 5.25. The number of aliphatic hydroxyl groups excluding tert-OH is 2. The minimum Gasteiger partial charge on any atom is -0.394 e. The largest absolute Gasteiger partial charge is 0.394 e. The molecule has 0 bridgehead atoms. The number of aliphatic hydroxyl groups is 2. The predicted molar refractivity (Wildman–Crippen MR) is 63.3 cm³/mol. The van der Waals surface area contributed by atoms with E-state index in [-0.39, 0.29) is 12.1 Å². The third kappa shape index (κ3) is 2.23. The molecule has 4 atom stereocenters. The van der Waals surface area contributed by atoms with Crippen molar-refractivity contribution in [2.45, 2.75) is 24.5 Å². The smallest absolute Gasteiger partial charge is 0.331 e. The van der Waals surface area contributed by atoms with E-state index < -0.39 is 30.2 Å². The molecule has 0 amide bonds. The number of aromatic nitrogens is 2. The summed E-state index contributed by atoms with van der Waals surface area (Å²) in [5.41, 5.74) is -0.391. The molecule has 0 aromatic carbocycles. The average Bonchev–Trinajstić information content (AvgIpc) is 2.72. The van der Waals surface area contributed by atoms with E-state index in [2.05, 4.69) is 0 Å². The number of methoxy groups -OCH3 is 1. The molecule has 1 fully saturated rings. The van der Waals surface area contributed by atoms with Crippen LogP contribution in [-0.2, 0) is 16.5 Å². The molecule has 2 heterocycles. The van der Waals surface area contributed by atoms with Crippen LogP contribution in [0.3, 0.4) is 0 Å². The van der Waals surface area contributed by atoms with E-state index in [9.17, 15) is 9.90 Å². The molecule has 0 unspecified atom stereocenters. The van der Waals surface area contributed by atoms with Gasteiger partial charge in [0.25, 0.3) is 0 Å². The Morgan fingerprint density at radius 1 is 1.58 bits per heavy atom. The Hall–Kier alpha value is -1.48. The summed E-state index contributed by atoms with van der Waals surface area (Å²) in [6, 6.07) is 1.44. The van der Waals surface area contributed by atoms with Crippen molar-refractivity contribution in [1.29, 1.82) is 5.41 Å². The molecule has 8 nitrogen and oxygen atoms in total. The van der Waals surface area contributed by atoms with Gasteiger partial charge in [-0.25, -0.2) is 4.79 Å². The lowest BCUT2D eigenvalue weighted by Gasteiger charge is -2.21. The highest BCUT2D eigenvalue weighted by Crippen LogP contribution is 2.29. The zero-order valence-corrected chi connectivity index (χ0v) is 10.7. The van der Waals surface area contributed by atoms with Gasteiger partial charge >= 0.3 is 5.69 Å². The van der Waals surface area contributed by atoms with Crippen molar-refractivity contribution in [2.75, 3.05) is 13.7 Å². The summed E-state index contributed by atoms with van der Waals surface area (Å²) in [6.07, 6.45) is -2.01. The van der Waals surface area contributed by atoms with Crippen LogP contribution in [0, 0.1) is 5.41 Å². The SMILES string of the molecule is CO[C@@H]1[C@H](O)[C@@H](CO)O[C@H]1n1ccc(=N)n(C)c1=O. The highest BCUT2D eigenvalue weighted by Gasteiger charge is 2.45. The summed E-state index contributed by atoms with van der Waals surface area (Å²) in [7, 11) is 2.87. The molecule has 0 radical (unpaired) electrons. The van der Waals surface area contributed by atoms with Gasteiger partial charge in [-0.3, -0.25) is 14.5 Å². The van der Waals surface area contributed by atoms with Crippen LogP contribution < -0.4 is 11.2 Å². The van der Waals surface area contributed by atoms with Crippen molar-refractivity contribution in [3.05, 3.63) is 28.2 Å². The van der Waals surface area contributed by atoms with Gasteiger partial charge in [-0.15, -0.1) is 0 Å². The van der Waals surface area contributed by atoms with Gasteiger partial charge in [-0.1, -0.05) is 0 Å². The van der Waals surface area contributed by atoms with E-state index >= 15 is 0 Å². The quantitative estimate of drug-likeness (QED) is 0.585. The van der Waals surface area contributed by atoms with Gasteiger partial charge < -0.3 is 19.7 Å². The first-order chi connectivity index (χ1) is 9.01. The fraction of sp³-hybridized carbons (Fsp3) is 0.636. The van der Waals surface area contributed by atoms with Crippen molar-refractivity contribution in [3.63, 3.8) is 0 Å². The Morgan fingerprint density at radius 3 is 2.84 bits per heavy atom. The fourth-order valence-corrected chi connectivity index (χ4v) is 2.14. The second-order valence-corrected chi connectivity index (χ2v) is 4.39. The van der Waals surface area contributed by atoms with Crippen LogP contribution in [0.25, 0.3) is 0 Å². The lowest BCUT2D eigenvalue weighted by molar-refractivity contribution is -0.0630. The molecule has 1 aliphatic rings. The monoisotopic (exact) mass is 271 g/mol. The normalized spacial score (nSPS) is 30.7. The van der Waals surface area contributed by atoms with Crippen LogP contribution >= 0.6 is 0 Å². The maximum atomic E-state index is 12.1. The molecular formula is C11H17N3O5. The molecule has 3 N–H and O–H groups in total. The van der Waals surface area contributed by atoms with Crippen molar-refractivity contribution in [2.24, 2.45) is 7.05 Å². The summed E-state index contributed by atoms with van der Waals surface area (Å²) in [4.78, 5) is 12.1. The summed E-state index contributed by atoms with van der Waals surface area (Å²) < 4.78 is 13.0. The average molecular weight is 271 g/mol. The third-order valence-corrected chi connectivity index (χ3v) is 3.30. The molecule has 1 saturated heterocycles. The second-order valence-electron chi connectivity index (χ2n) is 4.39. The topological polar surface area (TPSA) is 110 Å². The number of rotatable bonds is 3. The number of nitrogens with zero attached hydrogens (tertiary/aromatic N) is 2. The zero-order valence-electron chi connectivity index (χ0n) is 10.7. The molecule has 1 aliphatic heterocycles. The lowest BCUT2D eigenvalue weighted by Crippen LogP contribution is -2.42. The standard InChI is InChI=1S/C11H17N3O5/c1-13-7(12)3-4-14(11(13)17)10-9(18-2)8(16)6(5-15)19-10/h3-4,6,8-10,12,15-16H,5H2,1-2H3/t6-,8-,9-,10-/m1/s1. The summed E-state index contributed by atoms with van der Waals surface area (Å²) in [5, 5.41) is 26.6. The Balaban J connectivity index is 2.44. The maximum absolute atomic E-state index is 12.1. The summed E-state index contributed by atoms with van der Waals surface area (Å²) in [5.74, 6) is 0. The van der Waals surface area contributed by atoms with Crippen molar-refractivity contribution >= 4 is 0 Å². The van der Waals surface area contributed by atoms with Gasteiger partial charge in [0, 0.05) is 20.4 Å². The van der Waals surface area contributed by atoms with Gasteiger partial charge in [0.1, 0.15) is 23.8 Å². The van der Waals surface area contributed by atoms with Crippen molar-refractivity contribution in [1.82, 2.24) is 9.13 Å². The molecule has 0 saturated carbocycles. The highest BCUT2D eigenvalue weighted by molar-refractivity contribution is 4.94. The van der Waals surface area contributed by atoms with Gasteiger partial charge in [-0.2, -0.15) is 0 Å². The van der Waals surface area contributed by atoms with Crippen LogP contribution in [0.2, 0.25) is 0 Å². The van der Waals surface area contributed by atoms with E-state index in [1.807, 2.05) is 0 Å².